The molecule has 38 heavy (non-hydrogen) atoms. The number of phenols is 1. The standard InChI is InChI=1S/C30H28Cl2N4O2/c1-3-17(2)10-11-33-27-9-7-21(15-35-27)36-28-22-12-19(20-13-24(31)30(38)25(32)14-20)6-8-26(22)34-16-23(28)29(37)18-4-5-18/h3,6-9,12-16,18,38H,4-5,10-11H2,1-2H3,(H,33,35)(H,34,36). The largest absolute Gasteiger partial charge is 0.505 e. The van der Waals surface area contributed by atoms with Gasteiger partial charge in [0.25, 0.3) is 0 Å². The van der Waals surface area contributed by atoms with Gasteiger partial charge in [-0.2, -0.15) is 0 Å². The SMILES string of the molecule is CC=C(C)CCNc1ccc(Nc2c(C(=O)C3CC3)cnc3ccc(-c4cc(Cl)c(O)c(Cl)c4)cc23)cn1. The number of nitrogens with zero attached hydrogens (tertiary/aromatic N) is 2. The molecule has 0 unspecified atom stereocenters. The Labute approximate surface area is 231 Å². The first-order chi connectivity index (χ1) is 18.3. The van der Waals surface area contributed by atoms with Crippen LogP contribution in [0.1, 0.15) is 43.5 Å². The molecule has 0 spiro atoms. The third-order valence-electron chi connectivity index (χ3n) is 6.78. The van der Waals surface area contributed by atoms with Gasteiger partial charge < -0.3 is 15.7 Å². The molecule has 0 bridgehead atoms. The van der Waals surface area contributed by atoms with E-state index >= 15 is 0 Å². The molecule has 0 radical (unpaired) electrons. The second-order valence-electron chi connectivity index (χ2n) is 9.57. The van der Waals surface area contributed by atoms with E-state index < -0.39 is 0 Å². The highest BCUT2D eigenvalue weighted by atomic mass is 35.5. The van der Waals surface area contributed by atoms with Crippen LogP contribution in [0.2, 0.25) is 10.0 Å². The molecule has 8 heteroatoms. The van der Waals surface area contributed by atoms with E-state index in [0.29, 0.717) is 11.3 Å². The quantitative estimate of drug-likeness (QED) is 0.144. The van der Waals surface area contributed by atoms with Gasteiger partial charge in [0.05, 0.1) is 38.7 Å². The lowest BCUT2D eigenvalue weighted by Gasteiger charge is -2.16. The van der Waals surface area contributed by atoms with Gasteiger partial charge in [0.15, 0.2) is 11.5 Å². The minimum Gasteiger partial charge on any atom is -0.505 e. The summed E-state index contributed by atoms with van der Waals surface area (Å²) >= 11 is 12.4. The molecule has 1 saturated carbocycles. The molecule has 4 aromatic rings. The van der Waals surface area contributed by atoms with Crippen LogP contribution in [0.3, 0.4) is 0 Å². The fourth-order valence-corrected chi connectivity index (χ4v) is 4.73. The van der Waals surface area contributed by atoms with Gasteiger partial charge in [-0.1, -0.05) is 40.9 Å². The maximum Gasteiger partial charge on any atom is 0.169 e. The number of allylic oxidation sites excluding steroid dienone is 1. The fourth-order valence-electron chi connectivity index (χ4n) is 4.24. The summed E-state index contributed by atoms with van der Waals surface area (Å²) in [6.45, 7) is 4.95. The van der Waals surface area contributed by atoms with Crippen LogP contribution in [0, 0.1) is 5.92 Å². The van der Waals surface area contributed by atoms with Crippen molar-refractivity contribution in [3.05, 3.63) is 82.1 Å². The maximum absolute atomic E-state index is 13.2. The Morgan fingerprint density at radius 3 is 2.47 bits per heavy atom. The fraction of sp³-hybridized carbons (Fsp3) is 0.233. The van der Waals surface area contributed by atoms with Gasteiger partial charge in [0.1, 0.15) is 5.82 Å². The van der Waals surface area contributed by atoms with Crippen molar-refractivity contribution in [2.24, 2.45) is 5.92 Å². The number of phenolic OH excluding ortho intramolecular Hbond substituents is 1. The number of aromatic hydroxyl groups is 1. The lowest BCUT2D eigenvalue weighted by Crippen LogP contribution is -2.08. The Bertz CT molecular complexity index is 1520. The van der Waals surface area contributed by atoms with Crippen molar-refractivity contribution in [3.8, 4) is 16.9 Å². The number of aromatic nitrogens is 2. The topological polar surface area (TPSA) is 87.1 Å². The molecule has 1 aliphatic rings. The Morgan fingerprint density at radius 1 is 1.05 bits per heavy atom. The molecule has 6 nitrogen and oxygen atoms in total. The lowest BCUT2D eigenvalue weighted by molar-refractivity contribution is 0.0968. The Kier molecular flexibility index (Phi) is 7.54. The monoisotopic (exact) mass is 546 g/mol. The highest BCUT2D eigenvalue weighted by Gasteiger charge is 2.32. The molecular formula is C30H28Cl2N4O2. The van der Waals surface area contributed by atoms with Crippen molar-refractivity contribution in [1.29, 1.82) is 0 Å². The van der Waals surface area contributed by atoms with Gasteiger partial charge in [0.2, 0.25) is 0 Å². The number of pyridine rings is 2. The van der Waals surface area contributed by atoms with Crippen LogP contribution in [0.25, 0.3) is 22.0 Å². The highest BCUT2D eigenvalue weighted by Crippen LogP contribution is 2.40. The predicted molar refractivity (Wildman–Crippen MR) is 156 cm³/mol. The zero-order valence-corrected chi connectivity index (χ0v) is 22.7. The van der Waals surface area contributed by atoms with Crippen molar-refractivity contribution in [1.82, 2.24) is 9.97 Å². The number of benzene rings is 2. The zero-order valence-electron chi connectivity index (χ0n) is 21.2. The number of ketones is 1. The first-order valence-electron chi connectivity index (χ1n) is 12.6. The van der Waals surface area contributed by atoms with Crippen molar-refractivity contribution in [2.45, 2.75) is 33.1 Å². The second kappa shape index (κ2) is 11.0. The highest BCUT2D eigenvalue weighted by molar-refractivity contribution is 6.37. The van der Waals surface area contributed by atoms with Gasteiger partial charge >= 0.3 is 0 Å². The van der Waals surface area contributed by atoms with E-state index in [0.717, 1.165) is 59.3 Å². The Morgan fingerprint density at radius 2 is 1.82 bits per heavy atom. The molecular weight excluding hydrogens is 519 g/mol. The summed E-state index contributed by atoms with van der Waals surface area (Å²) in [6, 6.07) is 13.0. The molecule has 194 valence electrons. The molecule has 2 aromatic heterocycles. The van der Waals surface area contributed by atoms with Crippen LogP contribution >= 0.6 is 23.2 Å². The predicted octanol–water partition coefficient (Wildman–Crippen LogP) is 8.41. The number of halogens is 2. The lowest BCUT2D eigenvalue weighted by atomic mass is 9.99. The summed E-state index contributed by atoms with van der Waals surface area (Å²) in [5, 5.41) is 17.9. The number of rotatable bonds is 9. The van der Waals surface area contributed by atoms with Crippen LogP contribution in [0.5, 0.6) is 5.75 Å². The summed E-state index contributed by atoms with van der Waals surface area (Å²) in [7, 11) is 0. The first-order valence-corrected chi connectivity index (χ1v) is 13.3. The molecule has 0 saturated heterocycles. The Balaban J connectivity index is 1.51. The first kappa shape index (κ1) is 26.0. The van der Waals surface area contributed by atoms with Crippen LogP contribution < -0.4 is 10.6 Å². The minimum absolute atomic E-state index is 0.0398. The molecule has 3 N–H and O–H groups in total. The zero-order chi connectivity index (χ0) is 26.8. The van der Waals surface area contributed by atoms with Crippen LogP contribution in [0.15, 0.2) is 66.5 Å². The summed E-state index contributed by atoms with van der Waals surface area (Å²) < 4.78 is 0. The third-order valence-corrected chi connectivity index (χ3v) is 7.36. The van der Waals surface area contributed by atoms with Gasteiger partial charge in [-0.05, 0) is 80.6 Å². The minimum atomic E-state index is -0.151. The number of carbonyl (C=O) groups excluding carboxylic acids is 1. The molecule has 1 fully saturated rings. The van der Waals surface area contributed by atoms with Crippen molar-refractivity contribution in [2.75, 3.05) is 17.2 Å². The van der Waals surface area contributed by atoms with Crippen LogP contribution in [-0.4, -0.2) is 27.4 Å². The number of anilines is 3. The average molecular weight is 547 g/mol. The van der Waals surface area contributed by atoms with Crippen molar-refractivity contribution >= 4 is 57.1 Å². The summed E-state index contributed by atoms with van der Waals surface area (Å²) in [4.78, 5) is 22.4. The molecule has 0 atom stereocenters. The van der Waals surface area contributed by atoms with E-state index in [9.17, 15) is 9.90 Å². The number of hydrogen-bond acceptors (Lipinski definition) is 6. The second-order valence-corrected chi connectivity index (χ2v) is 10.4. The average Bonchev–Trinajstić information content (AvgIpc) is 3.77. The van der Waals surface area contributed by atoms with Crippen LogP contribution in [-0.2, 0) is 0 Å². The number of Topliss-reactive ketones (excluding diaryl/α,β-unsaturated/α-hetero) is 1. The van der Waals surface area contributed by atoms with Crippen LogP contribution in [0.4, 0.5) is 17.2 Å². The molecule has 1 aliphatic carbocycles. The van der Waals surface area contributed by atoms with E-state index in [1.165, 1.54) is 5.57 Å². The molecule has 0 amide bonds. The summed E-state index contributed by atoms with van der Waals surface area (Å²) in [5.74, 6) is 0.768. The smallest absolute Gasteiger partial charge is 0.169 e. The van der Waals surface area contributed by atoms with E-state index in [1.807, 2.05) is 37.3 Å². The van der Waals surface area contributed by atoms with Gasteiger partial charge in [-0.3, -0.25) is 9.78 Å². The third kappa shape index (κ3) is 5.62. The number of carbonyl (C=O) groups is 1. The van der Waals surface area contributed by atoms with Crippen molar-refractivity contribution in [3.63, 3.8) is 0 Å². The maximum atomic E-state index is 13.2. The molecule has 2 aromatic carbocycles. The molecule has 5 rings (SSSR count). The number of hydrogen-bond donors (Lipinski definition) is 3. The Hall–Kier alpha value is -3.61. The summed E-state index contributed by atoms with van der Waals surface area (Å²) in [5.41, 5.74) is 5.65. The molecule has 2 heterocycles. The van der Waals surface area contributed by atoms with E-state index in [1.54, 1.807) is 24.5 Å². The number of nitrogens with one attached hydrogen (secondary N) is 2. The van der Waals surface area contributed by atoms with Gasteiger partial charge in [-0.15, -0.1) is 0 Å². The number of fused-ring (bicyclic) bond motifs is 1. The van der Waals surface area contributed by atoms with Crippen molar-refractivity contribution < 1.29 is 9.90 Å². The van der Waals surface area contributed by atoms with E-state index in [2.05, 4.69) is 33.6 Å². The summed E-state index contributed by atoms with van der Waals surface area (Å²) in [6.07, 6.45) is 8.27. The van der Waals surface area contributed by atoms with E-state index in [-0.39, 0.29) is 27.5 Å². The van der Waals surface area contributed by atoms with Gasteiger partial charge in [0, 0.05) is 24.0 Å². The van der Waals surface area contributed by atoms with E-state index in [4.69, 9.17) is 23.2 Å². The van der Waals surface area contributed by atoms with Gasteiger partial charge in [-0.25, -0.2) is 4.98 Å². The normalized spacial score (nSPS) is 13.5. The molecule has 0 aliphatic heterocycles.